The number of carbonyl (C=O) groups is 2. The van der Waals surface area contributed by atoms with E-state index in [0.29, 0.717) is 24.3 Å². The summed E-state index contributed by atoms with van der Waals surface area (Å²) >= 11 is 0. The van der Waals surface area contributed by atoms with E-state index >= 15 is 0 Å². The normalized spacial score (nSPS) is 10.2. The van der Waals surface area contributed by atoms with Crippen molar-refractivity contribution in [1.29, 1.82) is 0 Å². The number of aromatic nitrogens is 2. The molecule has 0 fully saturated rings. The second-order valence-corrected chi connectivity index (χ2v) is 3.90. The summed E-state index contributed by atoms with van der Waals surface area (Å²) in [5.41, 5.74) is 1.37. The number of imidazole rings is 1. The predicted octanol–water partition coefficient (Wildman–Crippen LogP) is 1.45. The summed E-state index contributed by atoms with van der Waals surface area (Å²) in [4.78, 5) is 25.6. The van der Waals surface area contributed by atoms with E-state index in [1.165, 1.54) is 31.8 Å². The first-order valence-corrected chi connectivity index (χ1v) is 5.51. The van der Waals surface area contributed by atoms with Crippen LogP contribution in [-0.2, 0) is 6.54 Å². The number of benzene rings is 1. The number of rotatable bonds is 5. The Morgan fingerprint density at radius 2 is 2.32 bits per heavy atom. The van der Waals surface area contributed by atoms with Crippen LogP contribution in [0.4, 0.5) is 0 Å². The molecule has 0 aliphatic carbocycles. The van der Waals surface area contributed by atoms with Crippen molar-refractivity contribution in [3.8, 4) is 5.75 Å². The van der Waals surface area contributed by atoms with Gasteiger partial charge in [-0.25, -0.2) is 9.78 Å². The molecule has 1 heterocycles. The maximum absolute atomic E-state index is 10.9. The topological polar surface area (TPSA) is 81.4 Å². The predicted molar refractivity (Wildman–Crippen MR) is 66.7 cm³/mol. The van der Waals surface area contributed by atoms with Crippen LogP contribution in [0.5, 0.6) is 5.75 Å². The Balaban J connectivity index is 2.35. The van der Waals surface area contributed by atoms with Crippen LogP contribution in [0.15, 0.2) is 30.7 Å². The highest BCUT2D eigenvalue weighted by molar-refractivity contribution is 5.88. The summed E-state index contributed by atoms with van der Waals surface area (Å²) in [5.74, 6) is -0.550. The van der Waals surface area contributed by atoms with Crippen LogP contribution in [-0.4, -0.2) is 34.0 Å². The fourth-order valence-corrected chi connectivity index (χ4v) is 1.75. The van der Waals surface area contributed by atoms with Gasteiger partial charge in [0.1, 0.15) is 11.4 Å². The SMILES string of the molecule is COc1cc(C(=O)O)ccc1Cn1cncc1C=O. The molecule has 0 radical (unpaired) electrons. The van der Waals surface area contributed by atoms with E-state index in [1.54, 1.807) is 10.6 Å². The summed E-state index contributed by atoms with van der Waals surface area (Å²) in [6.07, 6.45) is 3.71. The Morgan fingerprint density at radius 1 is 1.53 bits per heavy atom. The zero-order chi connectivity index (χ0) is 13.8. The fourth-order valence-electron chi connectivity index (χ4n) is 1.75. The number of carbonyl (C=O) groups excluding carboxylic acids is 1. The molecule has 6 heteroatoms. The van der Waals surface area contributed by atoms with Gasteiger partial charge in [-0.3, -0.25) is 4.79 Å². The van der Waals surface area contributed by atoms with E-state index in [1.807, 2.05) is 0 Å². The van der Waals surface area contributed by atoms with Crippen molar-refractivity contribution < 1.29 is 19.4 Å². The maximum atomic E-state index is 10.9. The van der Waals surface area contributed by atoms with Crippen LogP contribution in [0.25, 0.3) is 0 Å². The fraction of sp³-hybridized carbons (Fsp3) is 0.154. The molecule has 2 rings (SSSR count). The number of ether oxygens (including phenoxy) is 1. The van der Waals surface area contributed by atoms with Crippen LogP contribution in [0.3, 0.4) is 0 Å². The van der Waals surface area contributed by atoms with Crippen LogP contribution < -0.4 is 4.74 Å². The lowest BCUT2D eigenvalue weighted by atomic mass is 10.1. The third-order valence-electron chi connectivity index (χ3n) is 2.74. The van der Waals surface area contributed by atoms with Gasteiger partial charge in [-0.1, -0.05) is 6.07 Å². The molecule has 0 amide bonds. The van der Waals surface area contributed by atoms with Crippen LogP contribution >= 0.6 is 0 Å². The molecule has 0 spiro atoms. The number of aromatic carboxylic acids is 1. The highest BCUT2D eigenvalue weighted by atomic mass is 16.5. The molecule has 0 bridgehead atoms. The largest absolute Gasteiger partial charge is 0.496 e. The van der Waals surface area contributed by atoms with Crippen LogP contribution in [0.1, 0.15) is 26.4 Å². The lowest BCUT2D eigenvalue weighted by molar-refractivity contribution is 0.0696. The third kappa shape index (κ3) is 2.62. The van der Waals surface area contributed by atoms with Crippen molar-refractivity contribution in [3.05, 3.63) is 47.5 Å². The second kappa shape index (κ2) is 5.34. The molecule has 98 valence electrons. The summed E-state index contributed by atoms with van der Waals surface area (Å²) < 4.78 is 6.83. The molecule has 2 aromatic rings. The number of carboxylic acids is 1. The van der Waals surface area contributed by atoms with E-state index in [4.69, 9.17) is 9.84 Å². The average molecular weight is 260 g/mol. The van der Waals surface area contributed by atoms with Crippen molar-refractivity contribution in [1.82, 2.24) is 9.55 Å². The molecule has 1 aromatic carbocycles. The lowest BCUT2D eigenvalue weighted by Gasteiger charge is -2.10. The van der Waals surface area contributed by atoms with Gasteiger partial charge in [-0.15, -0.1) is 0 Å². The van der Waals surface area contributed by atoms with Gasteiger partial charge in [-0.2, -0.15) is 0 Å². The number of hydrogen-bond acceptors (Lipinski definition) is 4. The smallest absolute Gasteiger partial charge is 0.335 e. The lowest BCUT2D eigenvalue weighted by Crippen LogP contribution is -2.05. The van der Waals surface area contributed by atoms with Crippen molar-refractivity contribution in [2.24, 2.45) is 0 Å². The monoisotopic (exact) mass is 260 g/mol. The quantitative estimate of drug-likeness (QED) is 0.823. The van der Waals surface area contributed by atoms with E-state index in [9.17, 15) is 9.59 Å². The molecule has 0 saturated heterocycles. The standard InChI is InChI=1S/C13H12N2O4/c1-19-12-4-9(13(17)18)2-3-10(12)6-15-8-14-5-11(15)7-16/h2-5,7-8H,6H2,1H3,(H,17,18). The molecular weight excluding hydrogens is 248 g/mol. The van der Waals surface area contributed by atoms with Crippen LogP contribution in [0.2, 0.25) is 0 Å². The van der Waals surface area contributed by atoms with Gasteiger partial charge in [0.2, 0.25) is 0 Å². The molecule has 1 aromatic heterocycles. The molecule has 0 aliphatic heterocycles. The Bertz CT molecular complexity index is 619. The molecule has 6 nitrogen and oxygen atoms in total. The van der Waals surface area contributed by atoms with E-state index in [0.717, 1.165) is 5.56 Å². The molecule has 0 aliphatic rings. The van der Waals surface area contributed by atoms with Gasteiger partial charge in [0, 0.05) is 5.56 Å². The van der Waals surface area contributed by atoms with Crippen molar-refractivity contribution in [2.45, 2.75) is 6.54 Å². The zero-order valence-corrected chi connectivity index (χ0v) is 10.2. The Morgan fingerprint density at radius 3 is 2.95 bits per heavy atom. The third-order valence-corrected chi connectivity index (χ3v) is 2.74. The minimum Gasteiger partial charge on any atom is -0.496 e. The highest BCUT2D eigenvalue weighted by Gasteiger charge is 2.10. The minimum atomic E-state index is -1.01. The van der Waals surface area contributed by atoms with Crippen molar-refractivity contribution >= 4 is 12.3 Å². The Labute approximate surface area is 109 Å². The molecule has 0 unspecified atom stereocenters. The number of carboxylic acid groups (broad SMARTS) is 1. The number of methoxy groups -OCH3 is 1. The van der Waals surface area contributed by atoms with Gasteiger partial charge in [0.25, 0.3) is 0 Å². The summed E-state index contributed by atoms with van der Waals surface area (Å²) in [6, 6.07) is 4.61. The van der Waals surface area contributed by atoms with Gasteiger partial charge in [-0.05, 0) is 12.1 Å². The first kappa shape index (κ1) is 12.8. The first-order chi connectivity index (χ1) is 9.15. The molecular formula is C13H12N2O4. The molecule has 19 heavy (non-hydrogen) atoms. The van der Waals surface area contributed by atoms with E-state index in [-0.39, 0.29) is 5.56 Å². The van der Waals surface area contributed by atoms with Gasteiger partial charge in [0.05, 0.1) is 31.7 Å². The molecule has 0 saturated carbocycles. The number of aldehydes is 1. The second-order valence-electron chi connectivity index (χ2n) is 3.90. The summed E-state index contributed by atoms with van der Waals surface area (Å²) in [6.45, 7) is 0.386. The highest BCUT2D eigenvalue weighted by Crippen LogP contribution is 2.21. The minimum absolute atomic E-state index is 0.154. The molecule has 0 atom stereocenters. The van der Waals surface area contributed by atoms with Gasteiger partial charge < -0.3 is 14.4 Å². The van der Waals surface area contributed by atoms with E-state index in [2.05, 4.69) is 4.98 Å². The zero-order valence-electron chi connectivity index (χ0n) is 10.2. The van der Waals surface area contributed by atoms with Crippen molar-refractivity contribution in [2.75, 3.05) is 7.11 Å². The number of nitrogens with zero attached hydrogens (tertiary/aromatic N) is 2. The summed E-state index contributed by atoms with van der Waals surface area (Å²) in [7, 11) is 1.47. The molecule has 1 N–H and O–H groups in total. The first-order valence-electron chi connectivity index (χ1n) is 5.51. The Hall–Kier alpha value is -2.63. The number of hydrogen-bond donors (Lipinski definition) is 1. The Kier molecular flexibility index (Phi) is 3.61. The van der Waals surface area contributed by atoms with Gasteiger partial charge >= 0.3 is 5.97 Å². The summed E-state index contributed by atoms with van der Waals surface area (Å²) in [5, 5.41) is 8.92. The van der Waals surface area contributed by atoms with E-state index < -0.39 is 5.97 Å². The van der Waals surface area contributed by atoms with Crippen LogP contribution in [0, 0.1) is 0 Å². The van der Waals surface area contributed by atoms with Crippen molar-refractivity contribution in [3.63, 3.8) is 0 Å². The van der Waals surface area contributed by atoms with Gasteiger partial charge in [0.15, 0.2) is 6.29 Å². The maximum Gasteiger partial charge on any atom is 0.335 e. The average Bonchev–Trinajstić information content (AvgIpc) is 2.86.